The topological polar surface area (TPSA) is 116 Å². The number of imidazole rings is 2. The van der Waals surface area contributed by atoms with E-state index in [4.69, 9.17) is 35.6 Å². The van der Waals surface area contributed by atoms with Gasteiger partial charge in [0.25, 0.3) is 0 Å². The second-order valence-corrected chi connectivity index (χ2v) is 13.5. The summed E-state index contributed by atoms with van der Waals surface area (Å²) in [7, 11) is 0. The molecule has 0 aliphatic heterocycles. The van der Waals surface area contributed by atoms with E-state index in [0.29, 0.717) is 28.9 Å². The third-order valence-electron chi connectivity index (χ3n) is 9.85. The van der Waals surface area contributed by atoms with Crippen LogP contribution in [0.5, 0.6) is 0 Å². The first-order valence-corrected chi connectivity index (χ1v) is 18.0. The van der Waals surface area contributed by atoms with E-state index in [9.17, 15) is 0 Å². The number of para-hydroxylation sites is 1. The molecule has 260 valence electrons. The summed E-state index contributed by atoms with van der Waals surface area (Å²) in [5.74, 6) is 2.49. The van der Waals surface area contributed by atoms with Crippen molar-refractivity contribution in [1.82, 2.24) is 39.0 Å². The molecule has 1 aromatic carbocycles. The normalized spacial score (nSPS) is 16.2. The highest BCUT2D eigenvalue weighted by Crippen LogP contribution is 2.39. The number of anilines is 2. The van der Waals surface area contributed by atoms with Crippen LogP contribution in [0.3, 0.4) is 0 Å². The zero-order chi connectivity index (χ0) is 35.9. The number of hydrogen-bond acceptors (Lipinski definition) is 8. The molecule has 0 amide bonds. The third kappa shape index (κ3) is 5.87. The summed E-state index contributed by atoms with van der Waals surface area (Å²) >= 11 is 0. The van der Waals surface area contributed by atoms with Crippen LogP contribution in [0.25, 0.3) is 56.6 Å². The van der Waals surface area contributed by atoms with Gasteiger partial charge in [0.15, 0.2) is 22.9 Å². The molecule has 6 aromatic heterocycles. The molecular formula is C43H38N10. The van der Waals surface area contributed by atoms with Crippen LogP contribution in [0.15, 0.2) is 140 Å². The molecule has 7 aromatic rings. The zero-order valence-corrected chi connectivity index (χ0v) is 29.6. The highest BCUT2D eigenvalue weighted by molar-refractivity contribution is 5.85. The van der Waals surface area contributed by atoms with Crippen LogP contribution in [0.4, 0.5) is 11.5 Å². The van der Waals surface area contributed by atoms with Gasteiger partial charge in [-0.25, -0.2) is 29.9 Å². The minimum atomic E-state index is -0.299. The van der Waals surface area contributed by atoms with Gasteiger partial charge in [0, 0.05) is 41.2 Å². The van der Waals surface area contributed by atoms with Crippen LogP contribution >= 0.6 is 0 Å². The van der Waals surface area contributed by atoms with Gasteiger partial charge >= 0.3 is 0 Å². The van der Waals surface area contributed by atoms with E-state index in [1.807, 2.05) is 60.8 Å². The van der Waals surface area contributed by atoms with Gasteiger partial charge in [0.05, 0.1) is 17.4 Å². The lowest BCUT2D eigenvalue weighted by atomic mass is 9.99. The van der Waals surface area contributed by atoms with Crippen molar-refractivity contribution >= 4 is 39.5 Å². The van der Waals surface area contributed by atoms with Crippen molar-refractivity contribution in [2.45, 2.75) is 39.2 Å². The van der Waals surface area contributed by atoms with E-state index < -0.39 is 0 Å². The predicted octanol–water partition coefficient (Wildman–Crippen LogP) is 9.11. The Morgan fingerprint density at radius 3 is 2.26 bits per heavy atom. The van der Waals surface area contributed by atoms with Crippen molar-refractivity contribution in [2.24, 2.45) is 5.92 Å². The summed E-state index contributed by atoms with van der Waals surface area (Å²) < 4.78 is 4.27. The van der Waals surface area contributed by atoms with Crippen LogP contribution in [-0.2, 0) is 0 Å². The Morgan fingerprint density at radius 2 is 1.53 bits per heavy atom. The average Bonchev–Trinajstić information content (AvgIpc) is 3.79. The summed E-state index contributed by atoms with van der Waals surface area (Å²) in [5, 5.41) is 0. The Morgan fingerprint density at radius 1 is 0.792 bits per heavy atom. The fraction of sp³-hybridized carbons (Fsp3) is 0.163. The van der Waals surface area contributed by atoms with E-state index in [0.717, 1.165) is 75.8 Å². The van der Waals surface area contributed by atoms with Gasteiger partial charge < -0.3 is 10.6 Å². The number of fused-ring (bicyclic) bond motifs is 2. The average molecular weight is 695 g/mol. The number of nitrogens with zero attached hydrogens (tertiary/aromatic N) is 9. The van der Waals surface area contributed by atoms with Crippen molar-refractivity contribution in [3.63, 3.8) is 0 Å². The second-order valence-electron chi connectivity index (χ2n) is 13.5. The number of allylic oxidation sites excluding steroid dienone is 7. The molecule has 0 spiro atoms. The number of nitrogens with two attached hydrogens (primary N) is 1. The Bertz CT molecular complexity index is 2610. The predicted molar refractivity (Wildman–Crippen MR) is 212 cm³/mol. The number of pyridine rings is 4. The lowest BCUT2D eigenvalue weighted by molar-refractivity contribution is 0.678. The van der Waals surface area contributed by atoms with Crippen molar-refractivity contribution < 1.29 is 0 Å². The first kappa shape index (κ1) is 32.2. The quantitative estimate of drug-likeness (QED) is 0.167. The minimum absolute atomic E-state index is 0.299. The molecule has 2 N–H and O–H groups in total. The molecule has 6 heterocycles. The lowest BCUT2D eigenvalue weighted by Crippen LogP contribution is -2.29. The highest BCUT2D eigenvalue weighted by atomic mass is 15.2. The van der Waals surface area contributed by atoms with Gasteiger partial charge in [-0.05, 0) is 105 Å². The molecule has 9 rings (SSSR count). The maximum atomic E-state index is 6.67. The summed E-state index contributed by atoms with van der Waals surface area (Å²) in [5.41, 5.74) is 15.9. The number of benzene rings is 1. The maximum absolute atomic E-state index is 6.67. The standard InChI is InChI=1S/C43H38N10/c1-28-13-9-18-33(25-28)51(40-34(44)19-10-22-45-40)29(2)37-26-30(39-49-35-20-11-23-46-41(35)52(39)31-14-5-3-6-15-31)27-38(48-37)43-50-36-21-12-24-47-42(36)53(43)32-16-7-4-8-17-32/h3-5,7-12,14,16-29H,6,13,15,44H2,1-2H3. The fourth-order valence-corrected chi connectivity index (χ4v) is 7.32. The second kappa shape index (κ2) is 13.5. The molecule has 0 bridgehead atoms. The molecular weight excluding hydrogens is 657 g/mol. The Kier molecular flexibility index (Phi) is 8.19. The molecule has 10 nitrogen and oxygen atoms in total. The molecule has 0 saturated carbocycles. The van der Waals surface area contributed by atoms with E-state index in [2.05, 4.69) is 88.6 Å². The summed E-state index contributed by atoms with van der Waals surface area (Å²) in [6.45, 7) is 4.37. The van der Waals surface area contributed by atoms with E-state index in [-0.39, 0.29) is 6.04 Å². The molecule has 2 atom stereocenters. The SMILES string of the molecule is CC1C=C(N(c2ncccc2N)C(C)c2cc(-c3nc4cccnc4n3C3=CC=CCC3)cc(-c3nc4cccnc4n3-c3ccccc3)n2)C=CC1. The zero-order valence-electron chi connectivity index (χ0n) is 29.6. The van der Waals surface area contributed by atoms with Crippen LogP contribution in [-0.4, -0.2) is 39.0 Å². The Labute approximate surface area is 307 Å². The lowest BCUT2D eigenvalue weighted by Gasteiger charge is -2.33. The van der Waals surface area contributed by atoms with Crippen LogP contribution in [0.2, 0.25) is 0 Å². The van der Waals surface area contributed by atoms with Gasteiger partial charge in [-0.1, -0.05) is 49.4 Å². The molecule has 2 unspecified atom stereocenters. The molecule has 2 aliphatic carbocycles. The van der Waals surface area contributed by atoms with Gasteiger partial charge in [0.1, 0.15) is 22.6 Å². The highest BCUT2D eigenvalue weighted by Gasteiger charge is 2.28. The van der Waals surface area contributed by atoms with Crippen LogP contribution in [0.1, 0.15) is 44.8 Å². The molecule has 2 aliphatic rings. The largest absolute Gasteiger partial charge is 0.396 e. The van der Waals surface area contributed by atoms with Crippen molar-refractivity contribution in [1.29, 1.82) is 0 Å². The van der Waals surface area contributed by atoms with Gasteiger partial charge in [-0.3, -0.25) is 9.13 Å². The molecule has 53 heavy (non-hydrogen) atoms. The number of nitrogen functional groups attached to an aromatic ring is 1. The molecule has 0 fully saturated rings. The third-order valence-corrected chi connectivity index (χ3v) is 9.85. The van der Waals surface area contributed by atoms with Crippen LogP contribution in [0, 0.1) is 5.92 Å². The van der Waals surface area contributed by atoms with Gasteiger partial charge in [-0.2, -0.15) is 0 Å². The summed E-state index contributed by atoms with van der Waals surface area (Å²) in [4.78, 5) is 32.5. The monoisotopic (exact) mass is 694 g/mol. The summed E-state index contributed by atoms with van der Waals surface area (Å²) in [6, 6.07) is 25.7. The van der Waals surface area contributed by atoms with Crippen molar-refractivity contribution in [2.75, 3.05) is 10.6 Å². The van der Waals surface area contributed by atoms with E-state index >= 15 is 0 Å². The summed E-state index contributed by atoms with van der Waals surface area (Å²) in [6.07, 6.45) is 21.3. The Hall–Kier alpha value is -6.68. The fourth-order valence-electron chi connectivity index (χ4n) is 7.32. The maximum Gasteiger partial charge on any atom is 0.165 e. The number of rotatable bonds is 8. The first-order chi connectivity index (χ1) is 26.0. The van der Waals surface area contributed by atoms with Crippen LogP contribution < -0.4 is 10.6 Å². The molecule has 10 heteroatoms. The van der Waals surface area contributed by atoms with Gasteiger partial charge in [0.2, 0.25) is 0 Å². The van der Waals surface area contributed by atoms with Crippen molar-refractivity contribution in [3.05, 3.63) is 145 Å². The Balaban J connectivity index is 1.32. The first-order valence-electron chi connectivity index (χ1n) is 18.0. The molecule has 0 radical (unpaired) electrons. The number of aromatic nitrogens is 8. The van der Waals surface area contributed by atoms with Gasteiger partial charge in [-0.15, -0.1) is 0 Å². The molecule has 0 saturated heterocycles. The van der Waals surface area contributed by atoms with E-state index in [1.165, 1.54) is 0 Å². The van der Waals surface area contributed by atoms with E-state index in [1.54, 1.807) is 12.4 Å². The smallest absolute Gasteiger partial charge is 0.165 e. The van der Waals surface area contributed by atoms with Crippen molar-refractivity contribution in [3.8, 4) is 28.6 Å². The number of hydrogen-bond donors (Lipinski definition) is 1. The minimum Gasteiger partial charge on any atom is -0.396 e.